The summed E-state index contributed by atoms with van der Waals surface area (Å²) < 4.78 is 6.13. The Balaban J connectivity index is 1.35. The molecule has 4 nitrogen and oxygen atoms in total. The monoisotopic (exact) mass is 343 g/mol. The van der Waals surface area contributed by atoms with Crippen LogP contribution in [-0.2, 0) is 17.9 Å². The van der Waals surface area contributed by atoms with Gasteiger partial charge in [-0.25, -0.2) is 4.98 Å². The highest BCUT2D eigenvalue weighted by atomic mass is 32.1. The van der Waals surface area contributed by atoms with Crippen molar-refractivity contribution in [2.24, 2.45) is 11.3 Å². The van der Waals surface area contributed by atoms with E-state index in [0.29, 0.717) is 12.0 Å². The first-order valence-electron chi connectivity index (χ1n) is 8.84. The number of rotatable bonds is 6. The molecule has 3 heterocycles. The van der Waals surface area contributed by atoms with Gasteiger partial charge >= 0.3 is 0 Å². The van der Waals surface area contributed by atoms with Gasteiger partial charge in [0.2, 0.25) is 0 Å². The number of aromatic nitrogens is 2. The van der Waals surface area contributed by atoms with Crippen molar-refractivity contribution in [3.63, 3.8) is 0 Å². The van der Waals surface area contributed by atoms with Gasteiger partial charge in [0.05, 0.1) is 23.9 Å². The molecule has 5 heteroatoms. The average Bonchev–Trinajstić information content (AvgIpc) is 3.23. The standard InChI is InChI=1S/C19H25N3OS/c1-15-21-18(12-24-15)11-23-14-19-6-2-5-17(19)10-22(13-19)9-16-4-3-7-20-8-16/h3-4,7-8,12,17H,2,5-6,9-11,13-14H2,1H3/t17-,19+/m1/s1. The van der Waals surface area contributed by atoms with E-state index in [1.807, 2.05) is 25.4 Å². The lowest BCUT2D eigenvalue weighted by Gasteiger charge is -2.28. The van der Waals surface area contributed by atoms with Crippen LogP contribution in [0.3, 0.4) is 0 Å². The molecule has 1 saturated carbocycles. The number of aryl methyl sites for hydroxylation is 1. The van der Waals surface area contributed by atoms with Crippen molar-refractivity contribution in [3.8, 4) is 0 Å². The normalized spacial score (nSPS) is 26.8. The summed E-state index contributed by atoms with van der Waals surface area (Å²) in [6.45, 7) is 6.94. The molecule has 128 valence electrons. The topological polar surface area (TPSA) is 38.2 Å². The minimum absolute atomic E-state index is 0.354. The van der Waals surface area contributed by atoms with Gasteiger partial charge < -0.3 is 4.74 Å². The molecule has 4 rings (SSSR count). The maximum absolute atomic E-state index is 6.13. The van der Waals surface area contributed by atoms with Crippen LogP contribution in [-0.4, -0.2) is 34.6 Å². The van der Waals surface area contributed by atoms with E-state index >= 15 is 0 Å². The molecule has 1 aliphatic carbocycles. The first kappa shape index (κ1) is 16.2. The van der Waals surface area contributed by atoms with E-state index in [1.165, 1.54) is 31.4 Å². The van der Waals surface area contributed by atoms with Crippen LogP contribution in [0.5, 0.6) is 0 Å². The molecule has 2 aromatic rings. The van der Waals surface area contributed by atoms with Crippen molar-refractivity contribution in [3.05, 3.63) is 46.2 Å². The maximum Gasteiger partial charge on any atom is 0.0898 e. The fraction of sp³-hybridized carbons (Fsp3) is 0.579. The molecule has 0 aromatic carbocycles. The second kappa shape index (κ2) is 6.90. The molecule has 0 N–H and O–H groups in total. The van der Waals surface area contributed by atoms with E-state index in [1.54, 1.807) is 11.3 Å². The smallest absolute Gasteiger partial charge is 0.0898 e. The number of pyridine rings is 1. The summed E-state index contributed by atoms with van der Waals surface area (Å²) in [5, 5.41) is 3.23. The van der Waals surface area contributed by atoms with Crippen LogP contribution in [0.15, 0.2) is 29.9 Å². The largest absolute Gasteiger partial charge is 0.374 e. The summed E-state index contributed by atoms with van der Waals surface area (Å²) in [5.41, 5.74) is 2.74. The van der Waals surface area contributed by atoms with Crippen LogP contribution >= 0.6 is 11.3 Å². The van der Waals surface area contributed by atoms with Gasteiger partial charge in [-0.1, -0.05) is 12.5 Å². The van der Waals surface area contributed by atoms with Gasteiger partial charge in [-0.05, 0) is 37.3 Å². The fourth-order valence-electron chi connectivity index (χ4n) is 4.46. The van der Waals surface area contributed by atoms with Gasteiger partial charge in [0.15, 0.2) is 0 Å². The van der Waals surface area contributed by atoms with Crippen LogP contribution < -0.4 is 0 Å². The number of hydrogen-bond donors (Lipinski definition) is 0. The third-order valence-electron chi connectivity index (χ3n) is 5.55. The lowest BCUT2D eigenvalue weighted by atomic mass is 9.81. The average molecular weight is 343 g/mol. The molecule has 2 fully saturated rings. The van der Waals surface area contributed by atoms with Gasteiger partial charge in [0.1, 0.15) is 0 Å². The van der Waals surface area contributed by atoms with E-state index in [-0.39, 0.29) is 0 Å². The number of hydrogen-bond acceptors (Lipinski definition) is 5. The molecule has 1 saturated heterocycles. The highest BCUT2D eigenvalue weighted by Crippen LogP contribution is 2.49. The Bertz CT molecular complexity index is 674. The van der Waals surface area contributed by atoms with Crippen molar-refractivity contribution >= 4 is 11.3 Å². The zero-order valence-electron chi connectivity index (χ0n) is 14.3. The van der Waals surface area contributed by atoms with Crippen LogP contribution in [0, 0.1) is 18.3 Å². The third kappa shape index (κ3) is 3.39. The summed E-state index contributed by atoms with van der Waals surface area (Å²) >= 11 is 1.70. The highest BCUT2D eigenvalue weighted by molar-refractivity contribution is 7.09. The molecule has 1 aliphatic heterocycles. The quantitative estimate of drug-likeness (QED) is 0.802. The first-order chi connectivity index (χ1) is 11.7. The predicted octanol–water partition coefficient (Wildman–Crippen LogP) is 3.67. The summed E-state index contributed by atoms with van der Waals surface area (Å²) in [6.07, 6.45) is 7.84. The Morgan fingerprint density at radius 3 is 3.21 bits per heavy atom. The first-order valence-corrected chi connectivity index (χ1v) is 9.71. The van der Waals surface area contributed by atoms with E-state index < -0.39 is 0 Å². The summed E-state index contributed by atoms with van der Waals surface area (Å²) in [6, 6.07) is 4.20. The van der Waals surface area contributed by atoms with Gasteiger partial charge in [0, 0.05) is 42.8 Å². The fourth-order valence-corrected chi connectivity index (χ4v) is 5.06. The van der Waals surface area contributed by atoms with Gasteiger partial charge in [0.25, 0.3) is 0 Å². The maximum atomic E-state index is 6.13. The second-order valence-corrected chi connectivity index (χ2v) is 8.40. The Morgan fingerprint density at radius 1 is 1.46 bits per heavy atom. The molecule has 0 bridgehead atoms. The minimum atomic E-state index is 0.354. The van der Waals surface area contributed by atoms with Crippen molar-refractivity contribution in [1.82, 2.24) is 14.9 Å². The Kier molecular flexibility index (Phi) is 4.66. The molecule has 2 aromatic heterocycles. The van der Waals surface area contributed by atoms with Gasteiger partial charge in [-0.3, -0.25) is 9.88 Å². The van der Waals surface area contributed by atoms with Crippen molar-refractivity contribution in [2.75, 3.05) is 19.7 Å². The lowest BCUT2D eigenvalue weighted by molar-refractivity contribution is 0.0254. The lowest BCUT2D eigenvalue weighted by Crippen LogP contribution is -2.32. The summed E-state index contributed by atoms with van der Waals surface area (Å²) in [4.78, 5) is 11.3. The van der Waals surface area contributed by atoms with E-state index in [9.17, 15) is 0 Å². The Hall–Kier alpha value is -1.30. The molecule has 0 radical (unpaired) electrons. The van der Waals surface area contributed by atoms with Crippen molar-refractivity contribution < 1.29 is 4.74 Å². The molecule has 0 unspecified atom stereocenters. The second-order valence-electron chi connectivity index (χ2n) is 7.33. The highest BCUT2D eigenvalue weighted by Gasteiger charge is 2.49. The molecular formula is C19H25N3OS. The summed E-state index contributed by atoms with van der Waals surface area (Å²) in [5.74, 6) is 0.784. The zero-order chi connectivity index (χ0) is 16.4. The van der Waals surface area contributed by atoms with Crippen LogP contribution in [0.25, 0.3) is 0 Å². The van der Waals surface area contributed by atoms with Crippen LogP contribution in [0.1, 0.15) is 35.5 Å². The van der Waals surface area contributed by atoms with Crippen molar-refractivity contribution in [2.45, 2.75) is 39.3 Å². The van der Waals surface area contributed by atoms with Crippen LogP contribution in [0.4, 0.5) is 0 Å². The Morgan fingerprint density at radius 2 is 2.42 bits per heavy atom. The van der Waals surface area contributed by atoms with Gasteiger partial charge in [-0.2, -0.15) is 0 Å². The number of thiazole rings is 1. The summed E-state index contributed by atoms with van der Waals surface area (Å²) in [7, 11) is 0. The number of fused-ring (bicyclic) bond motifs is 1. The van der Waals surface area contributed by atoms with E-state index in [2.05, 4.69) is 26.3 Å². The SMILES string of the molecule is Cc1nc(COC[C@@]23CCC[C@@H]2CN(Cc2cccnc2)C3)cs1. The van der Waals surface area contributed by atoms with E-state index in [4.69, 9.17) is 4.74 Å². The molecule has 0 amide bonds. The molecule has 0 spiro atoms. The minimum Gasteiger partial charge on any atom is -0.374 e. The van der Waals surface area contributed by atoms with Crippen molar-refractivity contribution in [1.29, 1.82) is 0 Å². The molecule has 24 heavy (non-hydrogen) atoms. The number of likely N-dealkylation sites (tertiary alicyclic amines) is 1. The predicted molar refractivity (Wildman–Crippen MR) is 95.8 cm³/mol. The zero-order valence-corrected chi connectivity index (χ0v) is 15.1. The van der Waals surface area contributed by atoms with E-state index in [0.717, 1.165) is 36.3 Å². The molecule has 2 aliphatic rings. The number of nitrogens with zero attached hydrogens (tertiary/aromatic N) is 3. The van der Waals surface area contributed by atoms with Gasteiger partial charge in [-0.15, -0.1) is 11.3 Å². The number of ether oxygens (including phenoxy) is 1. The Labute approximate surface area is 147 Å². The molecular weight excluding hydrogens is 318 g/mol. The third-order valence-corrected chi connectivity index (χ3v) is 6.37. The molecule has 2 atom stereocenters. The van der Waals surface area contributed by atoms with Crippen LogP contribution in [0.2, 0.25) is 0 Å².